The molecule has 0 atom stereocenters. The molecule has 4 nitrogen and oxygen atoms in total. The number of nitrogens with one attached hydrogen (secondary N) is 1. The van der Waals surface area contributed by atoms with Crippen molar-refractivity contribution < 1.29 is 13.2 Å². The summed E-state index contributed by atoms with van der Waals surface area (Å²) in [7, 11) is 0. The summed E-state index contributed by atoms with van der Waals surface area (Å²) in [6.45, 7) is 0. The second-order valence-electron chi connectivity index (χ2n) is 3.61. The Hall–Kier alpha value is -2.49. The third-order valence-corrected chi connectivity index (χ3v) is 2.47. The third-order valence-electron chi connectivity index (χ3n) is 2.47. The summed E-state index contributed by atoms with van der Waals surface area (Å²) in [6.07, 6.45) is -4.55. The lowest BCUT2D eigenvalue weighted by molar-refractivity contribution is -0.137. The van der Waals surface area contributed by atoms with Crippen LogP contribution in [-0.4, -0.2) is 4.98 Å². The van der Waals surface area contributed by atoms with Crippen molar-refractivity contribution in [1.82, 2.24) is 4.98 Å². The molecule has 0 bridgehead atoms. The largest absolute Gasteiger partial charge is 0.416 e. The highest BCUT2D eigenvalue weighted by Crippen LogP contribution is 2.30. The maximum atomic E-state index is 12.5. The molecule has 0 radical (unpaired) electrons. The Labute approximate surface area is 98.5 Å². The Morgan fingerprint density at radius 1 is 1.33 bits per heavy atom. The van der Waals surface area contributed by atoms with Crippen molar-refractivity contribution in [1.29, 1.82) is 5.26 Å². The lowest BCUT2D eigenvalue weighted by Gasteiger charge is -2.08. The van der Waals surface area contributed by atoms with Gasteiger partial charge in [-0.25, -0.2) is 0 Å². The lowest BCUT2D eigenvalue weighted by Crippen LogP contribution is -2.13. The number of nitriles is 1. The van der Waals surface area contributed by atoms with Crippen molar-refractivity contribution >= 4 is 16.7 Å². The monoisotopic (exact) mass is 253 g/mol. The molecular weight excluding hydrogens is 247 g/mol. The van der Waals surface area contributed by atoms with E-state index in [2.05, 4.69) is 4.98 Å². The van der Waals surface area contributed by atoms with Crippen LogP contribution in [0.2, 0.25) is 0 Å². The van der Waals surface area contributed by atoms with Crippen LogP contribution in [0.5, 0.6) is 0 Å². The molecule has 2 rings (SSSR count). The number of rotatable bonds is 0. The van der Waals surface area contributed by atoms with Gasteiger partial charge >= 0.3 is 6.18 Å². The third kappa shape index (κ3) is 1.78. The van der Waals surface area contributed by atoms with Crippen LogP contribution >= 0.6 is 0 Å². The second-order valence-corrected chi connectivity index (χ2v) is 3.61. The summed E-state index contributed by atoms with van der Waals surface area (Å²) < 4.78 is 37.5. The topological polar surface area (TPSA) is 82.7 Å². The summed E-state index contributed by atoms with van der Waals surface area (Å²) in [5.41, 5.74) is 3.43. The average molecular weight is 253 g/mol. The van der Waals surface area contributed by atoms with Gasteiger partial charge in [0.2, 0.25) is 5.43 Å². The van der Waals surface area contributed by atoms with E-state index >= 15 is 0 Å². The minimum atomic E-state index is -4.55. The van der Waals surface area contributed by atoms with Gasteiger partial charge in [-0.1, -0.05) is 0 Å². The van der Waals surface area contributed by atoms with Crippen molar-refractivity contribution in [3.05, 3.63) is 39.5 Å². The van der Waals surface area contributed by atoms with Gasteiger partial charge in [0.1, 0.15) is 17.5 Å². The van der Waals surface area contributed by atoms with E-state index in [1.54, 1.807) is 6.07 Å². The van der Waals surface area contributed by atoms with E-state index < -0.39 is 17.2 Å². The molecule has 0 amide bonds. The maximum Gasteiger partial charge on any atom is 0.416 e. The molecular formula is C11H6F3N3O. The van der Waals surface area contributed by atoms with E-state index in [-0.39, 0.29) is 22.3 Å². The summed E-state index contributed by atoms with van der Waals surface area (Å²) in [4.78, 5) is 14.3. The Morgan fingerprint density at radius 3 is 2.56 bits per heavy atom. The first-order valence-electron chi connectivity index (χ1n) is 4.77. The van der Waals surface area contributed by atoms with Crippen molar-refractivity contribution in [3.8, 4) is 6.07 Å². The molecule has 92 valence electrons. The summed E-state index contributed by atoms with van der Waals surface area (Å²) in [5.74, 6) is -0.158. The van der Waals surface area contributed by atoms with Gasteiger partial charge in [0.25, 0.3) is 0 Å². The fraction of sp³-hybridized carbons (Fsp3) is 0.0909. The molecule has 0 fully saturated rings. The fourth-order valence-corrected chi connectivity index (χ4v) is 1.59. The van der Waals surface area contributed by atoms with Crippen LogP contribution in [0.3, 0.4) is 0 Å². The number of nitrogens with zero attached hydrogens (tertiary/aromatic N) is 1. The van der Waals surface area contributed by atoms with Crippen LogP contribution in [0.4, 0.5) is 19.0 Å². The molecule has 3 N–H and O–H groups in total. The van der Waals surface area contributed by atoms with Crippen LogP contribution in [-0.2, 0) is 6.18 Å². The van der Waals surface area contributed by atoms with Crippen LogP contribution in [0.15, 0.2) is 23.0 Å². The Balaban J connectivity index is 2.87. The van der Waals surface area contributed by atoms with Crippen LogP contribution < -0.4 is 11.2 Å². The molecule has 1 aromatic heterocycles. The van der Waals surface area contributed by atoms with Gasteiger partial charge in [0.15, 0.2) is 0 Å². The molecule has 2 aromatic rings. The predicted molar refractivity (Wildman–Crippen MR) is 58.7 cm³/mol. The number of anilines is 1. The standard InChI is InChI=1S/C11H6F3N3O/c12-11(13,14)5-1-2-8-6(3-5)9(18)7(4-15)10(16)17-8/h1-3H,(H3,16,17,18). The number of aromatic amines is 1. The lowest BCUT2D eigenvalue weighted by atomic mass is 10.1. The molecule has 0 spiro atoms. The molecule has 7 heteroatoms. The summed E-state index contributed by atoms with van der Waals surface area (Å²) in [6, 6.07) is 4.21. The van der Waals surface area contributed by atoms with Crippen molar-refractivity contribution in [2.75, 3.05) is 5.73 Å². The minimum Gasteiger partial charge on any atom is -0.384 e. The van der Waals surface area contributed by atoms with E-state index in [1.807, 2.05) is 0 Å². The molecule has 0 aliphatic heterocycles. The van der Waals surface area contributed by atoms with Gasteiger partial charge in [-0.05, 0) is 18.2 Å². The predicted octanol–water partition coefficient (Wildman–Crippen LogP) is 2.00. The molecule has 1 aromatic carbocycles. The highest BCUT2D eigenvalue weighted by Gasteiger charge is 2.30. The molecule has 18 heavy (non-hydrogen) atoms. The number of fused-ring (bicyclic) bond motifs is 1. The SMILES string of the molecule is N#Cc1c(N)[nH]c2ccc(C(F)(F)F)cc2c1=O. The minimum absolute atomic E-state index is 0.157. The zero-order chi connectivity index (χ0) is 13.5. The van der Waals surface area contributed by atoms with Crippen LogP contribution in [0.1, 0.15) is 11.1 Å². The number of nitrogens with two attached hydrogens (primary N) is 1. The van der Waals surface area contributed by atoms with Crippen molar-refractivity contribution in [2.45, 2.75) is 6.18 Å². The fourth-order valence-electron chi connectivity index (χ4n) is 1.59. The Morgan fingerprint density at radius 2 is 2.00 bits per heavy atom. The zero-order valence-corrected chi connectivity index (χ0v) is 8.80. The number of benzene rings is 1. The van der Waals surface area contributed by atoms with Gasteiger partial charge < -0.3 is 10.7 Å². The Kier molecular flexibility index (Phi) is 2.51. The molecule has 1 heterocycles. The number of nitrogen functional groups attached to an aromatic ring is 1. The van der Waals surface area contributed by atoms with Crippen LogP contribution in [0.25, 0.3) is 10.9 Å². The van der Waals surface area contributed by atoms with E-state index in [1.165, 1.54) is 0 Å². The van der Waals surface area contributed by atoms with E-state index in [9.17, 15) is 18.0 Å². The maximum absolute atomic E-state index is 12.5. The van der Waals surface area contributed by atoms with E-state index in [4.69, 9.17) is 11.0 Å². The molecule has 0 unspecified atom stereocenters. The first-order valence-corrected chi connectivity index (χ1v) is 4.77. The Bertz CT molecular complexity index is 725. The van der Waals surface area contributed by atoms with Gasteiger partial charge in [0, 0.05) is 5.39 Å². The van der Waals surface area contributed by atoms with Gasteiger partial charge in [0.05, 0.1) is 11.1 Å². The van der Waals surface area contributed by atoms with Gasteiger partial charge in [-0.2, -0.15) is 18.4 Å². The normalized spacial score (nSPS) is 11.4. The summed E-state index contributed by atoms with van der Waals surface area (Å²) in [5, 5.41) is 8.50. The van der Waals surface area contributed by atoms with Crippen molar-refractivity contribution in [3.63, 3.8) is 0 Å². The highest BCUT2D eigenvalue weighted by molar-refractivity contribution is 5.83. The number of hydrogen-bond acceptors (Lipinski definition) is 3. The zero-order valence-electron chi connectivity index (χ0n) is 8.80. The van der Waals surface area contributed by atoms with E-state index in [0.29, 0.717) is 6.07 Å². The number of H-pyrrole nitrogens is 1. The first kappa shape index (κ1) is 12.0. The quantitative estimate of drug-likeness (QED) is 0.753. The first-order chi connectivity index (χ1) is 8.34. The van der Waals surface area contributed by atoms with Gasteiger partial charge in [-0.3, -0.25) is 4.79 Å². The number of hydrogen-bond donors (Lipinski definition) is 2. The van der Waals surface area contributed by atoms with Gasteiger partial charge in [-0.15, -0.1) is 0 Å². The number of aromatic nitrogens is 1. The number of pyridine rings is 1. The second kappa shape index (κ2) is 3.77. The molecule has 0 aliphatic rings. The van der Waals surface area contributed by atoms with Crippen LogP contribution in [0, 0.1) is 11.3 Å². The number of halogens is 3. The molecule has 0 saturated heterocycles. The molecule has 0 saturated carbocycles. The number of alkyl halides is 3. The molecule has 0 aliphatic carbocycles. The smallest absolute Gasteiger partial charge is 0.384 e. The van der Waals surface area contributed by atoms with Crippen molar-refractivity contribution in [2.24, 2.45) is 0 Å². The highest BCUT2D eigenvalue weighted by atomic mass is 19.4. The average Bonchev–Trinajstić information content (AvgIpc) is 2.27. The summed E-state index contributed by atoms with van der Waals surface area (Å²) >= 11 is 0. The van der Waals surface area contributed by atoms with E-state index in [0.717, 1.165) is 12.1 Å².